The second kappa shape index (κ2) is 9.94. The number of anilines is 1. The summed E-state index contributed by atoms with van der Waals surface area (Å²) in [6.07, 6.45) is 2.16. The Bertz CT molecular complexity index is 779. The Balaban J connectivity index is 1.49. The molecule has 1 aliphatic heterocycles. The summed E-state index contributed by atoms with van der Waals surface area (Å²) >= 11 is 0. The number of morpholine rings is 1. The zero-order chi connectivity index (χ0) is 19.8. The van der Waals surface area contributed by atoms with Crippen LogP contribution in [-0.4, -0.2) is 50.9 Å². The van der Waals surface area contributed by atoms with Crippen LogP contribution in [0.2, 0.25) is 0 Å². The molecule has 150 valence electrons. The van der Waals surface area contributed by atoms with E-state index in [1.54, 1.807) is 14.2 Å². The van der Waals surface area contributed by atoms with E-state index in [2.05, 4.69) is 50.6 Å². The van der Waals surface area contributed by atoms with Crippen molar-refractivity contribution in [2.75, 3.05) is 38.8 Å². The molecule has 1 aromatic heterocycles. The maximum atomic E-state index is 5.59. The predicted molar refractivity (Wildman–Crippen MR) is 112 cm³/mol. The number of pyridine rings is 1. The molecule has 7 heteroatoms. The van der Waals surface area contributed by atoms with Crippen molar-refractivity contribution in [3.63, 3.8) is 0 Å². The van der Waals surface area contributed by atoms with Crippen LogP contribution < -0.4 is 20.3 Å². The van der Waals surface area contributed by atoms with Gasteiger partial charge in [0, 0.05) is 39.4 Å². The molecule has 1 aliphatic rings. The topological polar surface area (TPSA) is 71.0 Å². The molecule has 1 atom stereocenters. The molecule has 1 unspecified atom stereocenters. The van der Waals surface area contributed by atoms with Crippen molar-refractivity contribution in [1.29, 1.82) is 0 Å². The highest BCUT2D eigenvalue weighted by Gasteiger charge is 2.17. The minimum atomic E-state index is 0.246. The van der Waals surface area contributed by atoms with Crippen LogP contribution in [0, 0.1) is 0 Å². The molecular weight excluding hydrogens is 354 g/mol. The van der Waals surface area contributed by atoms with Crippen molar-refractivity contribution in [2.24, 2.45) is 4.99 Å². The fraction of sp³-hybridized carbons (Fsp3) is 0.429. The highest BCUT2D eigenvalue weighted by atomic mass is 16.5. The first-order valence-corrected chi connectivity index (χ1v) is 9.57. The highest BCUT2D eigenvalue weighted by Crippen LogP contribution is 2.15. The number of hydrogen-bond donors (Lipinski definition) is 2. The second-order valence-corrected chi connectivity index (χ2v) is 6.78. The highest BCUT2D eigenvalue weighted by molar-refractivity contribution is 5.79. The van der Waals surface area contributed by atoms with E-state index < -0.39 is 0 Å². The smallest absolute Gasteiger partial charge is 0.191 e. The lowest BCUT2D eigenvalue weighted by atomic mass is 10.2. The molecule has 3 rings (SSSR count). The van der Waals surface area contributed by atoms with Gasteiger partial charge >= 0.3 is 0 Å². The fourth-order valence-corrected chi connectivity index (χ4v) is 3.11. The summed E-state index contributed by atoms with van der Waals surface area (Å²) in [7, 11) is 3.44. The zero-order valence-electron chi connectivity index (χ0n) is 16.8. The van der Waals surface area contributed by atoms with Crippen LogP contribution >= 0.6 is 0 Å². The molecule has 0 aliphatic carbocycles. The normalized spacial score (nSPS) is 17.3. The number of methoxy groups -OCH3 is 1. The summed E-state index contributed by atoms with van der Waals surface area (Å²) in [5.41, 5.74) is 2.24. The largest absolute Gasteiger partial charge is 0.497 e. The summed E-state index contributed by atoms with van der Waals surface area (Å²) in [6, 6.07) is 12.2. The molecule has 1 aromatic carbocycles. The van der Waals surface area contributed by atoms with Crippen LogP contribution in [0.1, 0.15) is 18.1 Å². The Hall–Kier alpha value is -2.80. The molecule has 0 bridgehead atoms. The lowest BCUT2D eigenvalue weighted by Crippen LogP contribution is -2.41. The van der Waals surface area contributed by atoms with Gasteiger partial charge in [0.05, 0.1) is 19.8 Å². The van der Waals surface area contributed by atoms with Crippen LogP contribution in [0.25, 0.3) is 0 Å². The number of aromatic nitrogens is 1. The maximum absolute atomic E-state index is 5.59. The third kappa shape index (κ3) is 5.60. The van der Waals surface area contributed by atoms with Gasteiger partial charge in [0.15, 0.2) is 5.96 Å². The van der Waals surface area contributed by atoms with Crippen LogP contribution in [0.4, 0.5) is 5.82 Å². The van der Waals surface area contributed by atoms with E-state index in [0.29, 0.717) is 13.1 Å². The first-order valence-electron chi connectivity index (χ1n) is 9.57. The van der Waals surface area contributed by atoms with E-state index in [0.717, 1.165) is 48.4 Å². The average molecular weight is 383 g/mol. The average Bonchev–Trinajstić information content (AvgIpc) is 2.74. The van der Waals surface area contributed by atoms with E-state index in [4.69, 9.17) is 9.47 Å². The number of guanidine groups is 1. The third-order valence-corrected chi connectivity index (χ3v) is 4.65. The minimum absolute atomic E-state index is 0.246. The van der Waals surface area contributed by atoms with Gasteiger partial charge in [-0.05, 0) is 36.2 Å². The van der Waals surface area contributed by atoms with Gasteiger partial charge in [-0.3, -0.25) is 4.99 Å². The van der Waals surface area contributed by atoms with Crippen LogP contribution in [0.5, 0.6) is 5.75 Å². The van der Waals surface area contributed by atoms with Crippen molar-refractivity contribution in [3.8, 4) is 5.75 Å². The van der Waals surface area contributed by atoms with Crippen LogP contribution in [-0.2, 0) is 17.8 Å². The van der Waals surface area contributed by atoms with E-state index in [-0.39, 0.29) is 6.10 Å². The maximum Gasteiger partial charge on any atom is 0.191 e. The van der Waals surface area contributed by atoms with Gasteiger partial charge in [-0.1, -0.05) is 18.2 Å². The molecule has 2 aromatic rings. The van der Waals surface area contributed by atoms with Gasteiger partial charge in [-0.15, -0.1) is 0 Å². The molecular formula is C21H29N5O2. The van der Waals surface area contributed by atoms with Crippen molar-refractivity contribution in [1.82, 2.24) is 15.6 Å². The fourth-order valence-electron chi connectivity index (χ4n) is 3.11. The second-order valence-electron chi connectivity index (χ2n) is 6.78. The molecule has 2 N–H and O–H groups in total. The third-order valence-electron chi connectivity index (χ3n) is 4.65. The van der Waals surface area contributed by atoms with Crippen molar-refractivity contribution >= 4 is 11.8 Å². The molecule has 0 radical (unpaired) electrons. The van der Waals surface area contributed by atoms with E-state index in [1.165, 1.54) is 0 Å². The quantitative estimate of drug-likeness (QED) is 0.589. The first kappa shape index (κ1) is 19.9. The molecule has 0 amide bonds. The molecule has 28 heavy (non-hydrogen) atoms. The lowest BCUT2D eigenvalue weighted by Gasteiger charge is -2.32. The van der Waals surface area contributed by atoms with Crippen LogP contribution in [0.15, 0.2) is 47.6 Å². The number of hydrogen-bond acceptors (Lipinski definition) is 5. The SMILES string of the molecule is CN=C(NCc1ccc(N2CCOC(C)C2)nc1)NCc1cccc(OC)c1. The van der Waals surface area contributed by atoms with Gasteiger partial charge in [0.2, 0.25) is 0 Å². The number of ether oxygens (including phenoxy) is 2. The molecule has 7 nitrogen and oxygen atoms in total. The molecule has 1 fully saturated rings. The minimum Gasteiger partial charge on any atom is -0.497 e. The van der Waals surface area contributed by atoms with E-state index in [9.17, 15) is 0 Å². The first-order chi connectivity index (χ1) is 13.7. The summed E-state index contributed by atoms with van der Waals surface area (Å²) < 4.78 is 10.9. The molecule has 0 spiro atoms. The Kier molecular flexibility index (Phi) is 7.08. The molecule has 2 heterocycles. The van der Waals surface area contributed by atoms with Gasteiger partial charge in [-0.25, -0.2) is 4.98 Å². The molecule has 1 saturated heterocycles. The van der Waals surface area contributed by atoms with Crippen molar-refractivity contribution < 1.29 is 9.47 Å². The number of nitrogens with zero attached hydrogens (tertiary/aromatic N) is 3. The summed E-state index contributed by atoms with van der Waals surface area (Å²) in [5, 5.41) is 6.64. The van der Waals surface area contributed by atoms with Crippen LogP contribution in [0.3, 0.4) is 0 Å². The Morgan fingerprint density at radius 2 is 2.07 bits per heavy atom. The number of aliphatic imine (C=N–C) groups is 1. The number of benzene rings is 1. The van der Waals surface area contributed by atoms with Gasteiger partial charge < -0.3 is 25.0 Å². The predicted octanol–water partition coefficient (Wildman–Crippen LogP) is 2.18. The van der Waals surface area contributed by atoms with E-state index >= 15 is 0 Å². The van der Waals surface area contributed by atoms with Crippen molar-refractivity contribution in [2.45, 2.75) is 26.1 Å². The van der Waals surface area contributed by atoms with E-state index in [1.807, 2.05) is 24.4 Å². The summed E-state index contributed by atoms with van der Waals surface area (Å²) in [6.45, 7) is 5.94. The zero-order valence-corrected chi connectivity index (χ0v) is 16.8. The summed E-state index contributed by atoms with van der Waals surface area (Å²) in [5.74, 6) is 2.59. The Morgan fingerprint density at radius 3 is 2.75 bits per heavy atom. The Morgan fingerprint density at radius 1 is 1.25 bits per heavy atom. The Labute approximate surface area is 166 Å². The van der Waals surface area contributed by atoms with Gasteiger partial charge in [0.25, 0.3) is 0 Å². The summed E-state index contributed by atoms with van der Waals surface area (Å²) in [4.78, 5) is 11.2. The van der Waals surface area contributed by atoms with Crippen molar-refractivity contribution in [3.05, 3.63) is 53.7 Å². The van der Waals surface area contributed by atoms with Gasteiger partial charge in [0.1, 0.15) is 11.6 Å². The lowest BCUT2D eigenvalue weighted by molar-refractivity contribution is 0.0529. The monoisotopic (exact) mass is 383 g/mol. The molecule has 0 saturated carbocycles. The van der Waals surface area contributed by atoms with Gasteiger partial charge in [-0.2, -0.15) is 0 Å². The number of nitrogens with one attached hydrogen (secondary N) is 2. The standard InChI is InChI=1S/C21H29N5O2/c1-16-15-26(9-10-28-16)20-8-7-18(13-23-20)14-25-21(22-2)24-12-17-5-4-6-19(11-17)27-3/h4-8,11,13,16H,9-10,12,14-15H2,1-3H3,(H2,22,24,25). The number of rotatable bonds is 6.